The standard InChI is InChI=1S/C21H35NO4S.C15H25NO2S/c1-6-7-8-9-10-11-16-22(17-20(23)26-21(3,4)5)27(24,25)19-14-12-18(2)13-15-19;1-3-4-5-6-7-8-9-14-12-15(19(16,17)18)11-10-13(14)2/h12-15H,6-11,16-17H2,1-5H3;10-12H,3-9H2,1-2H3,(H2,16,17,18). The second-order valence-corrected chi connectivity index (χ2v) is 16.7. The van der Waals surface area contributed by atoms with Crippen LogP contribution < -0.4 is 5.14 Å². The number of carbonyl (C=O) groups is 1. The van der Waals surface area contributed by atoms with Gasteiger partial charge in [-0.05, 0) is 89.3 Å². The fourth-order valence-corrected chi connectivity index (χ4v) is 6.91. The van der Waals surface area contributed by atoms with Gasteiger partial charge in [0.2, 0.25) is 20.0 Å². The molecule has 2 aromatic carbocycles. The predicted molar refractivity (Wildman–Crippen MR) is 189 cm³/mol. The number of aryl methyl sites for hydroxylation is 3. The third-order valence-corrected chi connectivity index (χ3v) is 10.4. The number of rotatable bonds is 19. The Morgan fingerprint density at radius 3 is 1.76 bits per heavy atom. The van der Waals surface area contributed by atoms with Gasteiger partial charge in [0.1, 0.15) is 12.1 Å². The summed E-state index contributed by atoms with van der Waals surface area (Å²) in [5, 5.41) is 5.16. The Morgan fingerprint density at radius 1 is 0.739 bits per heavy atom. The molecule has 8 nitrogen and oxygen atoms in total. The van der Waals surface area contributed by atoms with E-state index in [-0.39, 0.29) is 16.3 Å². The van der Waals surface area contributed by atoms with Gasteiger partial charge in [-0.3, -0.25) is 4.79 Å². The topological polar surface area (TPSA) is 124 Å². The SMILES string of the molecule is CCCCCCCCN(CC(=O)OC(C)(C)C)S(=O)(=O)c1ccc(C)cc1.CCCCCCCCc1cc(S(N)(=O)=O)ccc1C. The average Bonchev–Trinajstić information content (AvgIpc) is 2.96. The van der Waals surface area contributed by atoms with Crippen LogP contribution in [0.3, 0.4) is 0 Å². The molecule has 0 bridgehead atoms. The van der Waals surface area contributed by atoms with E-state index in [2.05, 4.69) is 13.8 Å². The van der Waals surface area contributed by atoms with Gasteiger partial charge in [-0.15, -0.1) is 0 Å². The van der Waals surface area contributed by atoms with Gasteiger partial charge >= 0.3 is 5.97 Å². The first-order chi connectivity index (χ1) is 21.5. The van der Waals surface area contributed by atoms with E-state index in [1.54, 1.807) is 57.2 Å². The predicted octanol–water partition coefficient (Wildman–Crippen LogP) is 8.23. The molecular weight excluding hydrogens is 621 g/mol. The third-order valence-electron chi connectivity index (χ3n) is 7.59. The Labute approximate surface area is 280 Å². The zero-order valence-corrected chi connectivity index (χ0v) is 31.1. The van der Waals surface area contributed by atoms with Gasteiger partial charge in [0.25, 0.3) is 0 Å². The first-order valence-electron chi connectivity index (χ1n) is 16.9. The van der Waals surface area contributed by atoms with Crippen LogP contribution in [-0.2, 0) is 36.0 Å². The van der Waals surface area contributed by atoms with Crippen LogP contribution in [0.5, 0.6) is 0 Å². The van der Waals surface area contributed by atoms with Gasteiger partial charge in [-0.2, -0.15) is 4.31 Å². The van der Waals surface area contributed by atoms with Gasteiger partial charge in [0, 0.05) is 6.54 Å². The van der Waals surface area contributed by atoms with Crippen LogP contribution in [0.1, 0.15) is 128 Å². The van der Waals surface area contributed by atoms with E-state index < -0.39 is 31.6 Å². The monoisotopic (exact) mass is 680 g/mol. The van der Waals surface area contributed by atoms with Gasteiger partial charge in [0.15, 0.2) is 0 Å². The summed E-state index contributed by atoms with van der Waals surface area (Å²) in [6, 6.07) is 11.9. The van der Waals surface area contributed by atoms with Crippen molar-refractivity contribution in [2.45, 2.75) is 147 Å². The van der Waals surface area contributed by atoms with E-state index in [9.17, 15) is 21.6 Å². The first-order valence-corrected chi connectivity index (χ1v) is 19.9. The second-order valence-electron chi connectivity index (χ2n) is 13.2. The molecule has 0 unspecified atom stereocenters. The van der Waals surface area contributed by atoms with E-state index in [0.717, 1.165) is 55.2 Å². The maximum atomic E-state index is 13.0. The van der Waals surface area contributed by atoms with Crippen LogP contribution in [0.15, 0.2) is 52.3 Å². The molecule has 46 heavy (non-hydrogen) atoms. The van der Waals surface area contributed by atoms with Gasteiger partial charge in [-0.25, -0.2) is 22.0 Å². The number of hydrogen-bond donors (Lipinski definition) is 1. The number of esters is 1. The molecule has 0 spiro atoms. The summed E-state index contributed by atoms with van der Waals surface area (Å²) < 4.78 is 55.3. The minimum Gasteiger partial charge on any atom is -0.459 e. The summed E-state index contributed by atoms with van der Waals surface area (Å²) in [4.78, 5) is 12.7. The Kier molecular flexibility index (Phi) is 18.9. The van der Waals surface area contributed by atoms with Crippen LogP contribution in [0.2, 0.25) is 0 Å². The van der Waals surface area contributed by atoms with Crippen molar-refractivity contribution >= 4 is 26.0 Å². The van der Waals surface area contributed by atoms with Crippen molar-refractivity contribution in [1.29, 1.82) is 0 Å². The average molecular weight is 681 g/mol. The number of sulfonamides is 2. The van der Waals surface area contributed by atoms with E-state index in [4.69, 9.17) is 9.88 Å². The molecule has 0 atom stereocenters. The molecule has 0 radical (unpaired) electrons. The number of nitrogens with zero attached hydrogens (tertiary/aromatic N) is 1. The molecule has 0 aliphatic rings. The van der Waals surface area contributed by atoms with Crippen LogP contribution in [0.4, 0.5) is 0 Å². The Hall–Kier alpha value is -2.27. The molecule has 0 amide bonds. The zero-order chi connectivity index (χ0) is 34.8. The lowest BCUT2D eigenvalue weighted by molar-refractivity contribution is -0.155. The minimum absolute atomic E-state index is 0.211. The first kappa shape index (κ1) is 41.8. The van der Waals surface area contributed by atoms with Crippen molar-refractivity contribution < 1.29 is 26.4 Å². The molecule has 0 heterocycles. The molecule has 0 fully saturated rings. The number of unbranched alkanes of at least 4 members (excludes halogenated alkanes) is 10. The molecule has 0 saturated heterocycles. The summed E-state index contributed by atoms with van der Waals surface area (Å²) in [6.45, 7) is 13.7. The fraction of sp³-hybridized carbons (Fsp3) is 0.639. The Balaban J connectivity index is 0.000000489. The highest BCUT2D eigenvalue weighted by Gasteiger charge is 2.28. The highest BCUT2D eigenvalue weighted by atomic mass is 32.2. The molecule has 0 aromatic heterocycles. The maximum absolute atomic E-state index is 13.0. The smallest absolute Gasteiger partial charge is 0.321 e. The number of hydrogen-bond acceptors (Lipinski definition) is 6. The highest BCUT2D eigenvalue weighted by Crippen LogP contribution is 2.20. The van der Waals surface area contributed by atoms with Crippen LogP contribution in [0.25, 0.3) is 0 Å². The number of benzene rings is 2. The zero-order valence-electron chi connectivity index (χ0n) is 29.4. The molecule has 2 N–H and O–H groups in total. The molecule has 0 aliphatic carbocycles. The second kappa shape index (κ2) is 20.9. The molecule has 0 aliphatic heterocycles. The third kappa shape index (κ3) is 17.0. The maximum Gasteiger partial charge on any atom is 0.321 e. The van der Waals surface area contributed by atoms with Crippen LogP contribution in [-0.4, -0.2) is 45.8 Å². The molecular formula is C36H60N2O6S2. The quantitative estimate of drug-likeness (QED) is 0.118. The van der Waals surface area contributed by atoms with Crippen LogP contribution >= 0.6 is 0 Å². The van der Waals surface area contributed by atoms with Gasteiger partial charge in [0.05, 0.1) is 9.79 Å². The van der Waals surface area contributed by atoms with Crippen molar-refractivity contribution in [3.63, 3.8) is 0 Å². The molecule has 2 aromatic rings. The summed E-state index contributed by atoms with van der Waals surface area (Å²) in [7, 11) is -7.32. The van der Waals surface area contributed by atoms with Crippen molar-refractivity contribution in [1.82, 2.24) is 4.31 Å². The molecule has 10 heteroatoms. The Morgan fingerprint density at radius 2 is 1.24 bits per heavy atom. The number of nitrogens with two attached hydrogens (primary N) is 1. The fourth-order valence-electron chi connectivity index (χ4n) is 4.92. The van der Waals surface area contributed by atoms with Crippen molar-refractivity contribution in [2.24, 2.45) is 5.14 Å². The van der Waals surface area contributed by atoms with E-state index in [1.807, 2.05) is 19.9 Å². The summed E-state index contributed by atoms with van der Waals surface area (Å²) in [5.41, 5.74) is 2.59. The molecule has 262 valence electrons. The molecule has 2 rings (SSSR count). The normalized spacial score (nSPS) is 12.1. The summed E-state index contributed by atoms with van der Waals surface area (Å²) in [6.07, 6.45) is 14.7. The number of primary sulfonamides is 1. The molecule has 0 saturated carbocycles. The lowest BCUT2D eigenvalue weighted by atomic mass is 10.0. The van der Waals surface area contributed by atoms with Gasteiger partial charge < -0.3 is 4.74 Å². The van der Waals surface area contributed by atoms with Crippen molar-refractivity contribution in [3.05, 3.63) is 59.2 Å². The van der Waals surface area contributed by atoms with E-state index in [0.29, 0.717) is 6.54 Å². The highest BCUT2D eigenvalue weighted by molar-refractivity contribution is 7.89. The van der Waals surface area contributed by atoms with E-state index >= 15 is 0 Å². The largest absolute Gasteiger partial charge is 0.459 e. The summed E-state index contributed by atoms with van der Waals surface area (Å²) in [5.74, 6) is -0.524. The van der Waals surface area contributed by atoms with Crippen molar-refractivity contribution in [2.75, 3.05) is 13.1 Å². The minimum atomic E-state index is -3.73. The lowest BCUT2D eigenvalue weighted by Crippen LogP contribution is -2.39. The Bertz CT molecular complexity index is 1380. The summed E-state index contributed by atoms with van der Waals surface area (Å²) >= 11 is 0. The lowest BCUT2D eigenvalue weighted by Gasteiger charge is -2.25. The van der Waals surface area contributed by atoms with Crippen LogP contribution in [0, 0.1) is 13.8 Å². The van der Waals surface area contributed by atoms with Gasteiger partial charge in [-0.1, -0.05) is 102 Å². The number of ether oxygens (including phenoxy) is 1. The number of carbonyl (C=O) groups excluding carboxylic acids is 1. The van der Waals surface area contributed by atoms with Crippen molar-refractivity contribution in [3.8, 4) is 0 Å². The van der Waals surface area contributed by atoms with E-state index in [1.165, 1.54) is 49.3 Å².